The Morgan fingerprint density at radius 1 is 1.47 bits per heavy atom. The highest BCUT2D eigenvalue weighted by molar-refractivity contribution is 8.14. The van der Waals surface area contributed by atoms with Gasteiger partial charge in [-0.15, -0.1) is 11.3 Å². The Hall–Kier alpha value is -0.550. The number of hydrogen-bond acceptors (Lipinski definition) is 5. The molecule has 0 aliphatic carbocycles. The van der Waals surface area contributed by atoms with Gasteiger partial charge in [-0.3, -0.25) is 4.99 Å². The van der Waals surface area contributed by atoms with E-state index in [0.717, 1.165) is 29.2 Å². The first-order valence-corrected chi connectivity index (χ1v) is 7.92. The van der Waals surface area contributed by atoms with Crippen LogP contribution in [0, 0.1) is 5.92 Å². The normalized spacial score (nSPS) is 19.7. The van der Waals surface area contributed by atoms with E-state index in [1.165, 1.54) is 12.8 Å². The first-order chi connectivity index (χ1) is 8.33. The van der Waals surface area contributed by atoms with E-state index in [0.29, 0.717) is 5.25 Å². The lowest BCUT2D eigenvalue weighted by Crippen LogP contribution is -2.21. The molecular weight excluding hydrogens is 250 g/mol. The molecule has 94 valence electrons. The van der Waals surface area contributed by atoms with Crippen LogP contribution in [0.1, 0.15) is 31.7 Å². The minimum absolute atomic E-state index is 0.670. The molecule has 1 aliphatic heterocycles. The highest BCUT2D eigenvalue weighted by atomic mass is 32.2. The van der Waals surface area contributed by atoms with E-state index in [9.17, 15) is 0 Å². The van der Waals surface area contributed by atoms with Gasteiger partial charge in [0.25, 0.3) is 0 Å². The molecule has 1 aromatic rings. The summed E-state index contributed by atoms with van der Waals surface area (Å²) >= 11 is 3.59. The zero-order valence-electron chi connectivity index (χ0n) is 10.3. The van der Waals surface area contributed by atoms with Crippen LogP contribution in [0.5, 0.6) is 0 Å². The maximum absolute atomic E-state index is 4.58. The molecule has 1 aliphatic rings. The minimum atomic E-state index is 0.670. The number of aromatic nitrogens is 1. The van der Waals surface area contributed by atoms with Crippen LogP contribution in [0.2, 0.25) is 0 Å². The molecule has 3 nitrogen and oxygen atoms in total. The van der Waals surface area contributed by atoms with E-state index in [-0.39, 0.29) is 0 Å². The summed E-state index contributed by atoms with van der Waals surface area (Å²) in [6.07, 6.45) is 4.35. The maximum Gasteiger partial charge on any atom is 0.157 e. The second-order valence-electron chi connectivity index (χ2n) is 4.16. The van der Waals surface area contributed by atoms with Crippen molar-refractivity contribution in [1.82, 2.24) is 10.3 Å². The first-order valence-electron chi connectivity index (χ1n) is 6.16. The molecule has 0 radical (unpaired) electrons. The molecule has 1 N–H and O–H groups in total. The Morgan fingerprint density at radius 2 is 2.29 bits per heavy atom. The van der Waals surface area contributed by atoms with Crippen molar-refractivity contribution in [3.05, 3.63) is 16.6 Å². The zero-order valence-corrected chi connectivity index (χ0v) is 12.0. The number of rotatable bonds is 5. The largest absolute Gasteiger partial charge is 0.358 e. The molecule has 0 spiro atoms. The number of nitrogens with one attached hydrogen (secondary N) is 1. The van der Waals surface area contributed by atoms with E-state index in [4.69, 9.17) is 0 Å². The molecule has 0 aromatic carbocycles. The number of hydrogen-bond donors (Lipinski definition) is 1. The second kappa shape index (κ2) is 6.40. The third kappa shape index (κ3) is 3.45. The van der Waals surface area contributed by atoms with Crippen LogP contribution in [0.15, 0.2) is 16.6 Å². The first kappa shape index (κ1) is 12.9. The van der Waals surface area contributed by atoms with Gasteiger partial charge in [-0.25, -0.2) is 4.98 Å². The molecular formula is C12H19N3S2. The molecule has 0 saturated carbocycles. The van der Waals surface area contributed by atoms with Crippen LogP contribution in [0.3, 0.4) is 0 Å². The van der Waals surface area contributed by atoms with Crippen molar-refractivity contribution >= 4 is 28.3 Å². The molecule has 1 unspecified atom stereocenters. The van der Waals surface area contributed by atoms with Crippen molar-refractivity contribution in [3.8, 4) is 0 Å². The fraction of sp³-hybridized carbons (Fsp3) is 0.667. The van der Waals surface area contributed by atoms with Gasteiger partial charge in [-0.2, -0.15) is 0 Å². The van der Waals surface area contributed by atoms with Gasteiger partial charge in [0.05, 0.1) is 13.1 Å². The molecule has 0 fully saturated rings. The highest BCUT2D eigenvalue weighted by Gasteiger charge is 2.25. The Balaban J connectivity index is 1.77. The van der Waals surface area contributed by atoms with Crippen LogP contribution >= 0.6 is 23.1 Å². The Kier molecular flexibility index (Phi) is 4.86. The summed E-state index contributed by atoms with van der Waals surface area (Å²) in [4.78, 5) is 8.83. The van der Waals surface area contributed by atoms with Crippen LogP contribution in [0.4, 0.5) is 0 Å². The molecule has 0 amide bonds. The van der Waals surface area contributed by atoms with Gasteiger partial charge in [0.2, 0.25) is 0 Å². The summed E-state index contributed by atoms with van der Waals surface area (Å²) in [5.41, 5.74) is 0. The summed E-state index contributed by atoms with van der Waals surface area (Å²) in [6.45, 7) is 6.32. The number of aliphatic imine (C=N–C) groups is 1. The van der Waals surface area contributed by atoms with Crippen LogP contribution in [0.25, 0.3) is 0 Å². The van der Waals surface area contributed by atoms with E-state index >= 15 is 0 Å². The average Bonchev–Trinajstić information content (AvgIpc) is 2.99. The van der Waals surface area contributed by atoms with Crippen LogP contribution in [-0.2, 0) is 6.54 Å². The maximum atomic E-state index is 4.58. The standard InChI is InChI=1S/C12H19N3S2/c1-3-9(4-2)10-7-14-12(17-10)15-8-11-13-5-6-16-11/h5-6,9-10H,3-4,7-8H2,1-2H3,(H,14,15). The molecule has 2 rings (SSSR count). The summed E-state index contributed by atoms with van der Waals surface area (Å²) < 4.78 is 0. The van der Waals surface area contributed by atoms with Crippen molar-refractivity contribution in [3.63, 3.8) is 0 Å². The lowest BCUT2D eigenvalue weighted by Gasteiger charge is -2.18. The van der Waals surface area contributed by atoms with Crippen molar-refractivity contribution in [2.45, 2.75) is 38.5 Å². The predicted octanol–water partition coefficient (Wildman–Crippen LogP) is 3.14. The number of nitrogens with zero attached hydrogens (tertiary/aromatic N) is 2. The summed E-state index contributed by atoms with van der Waals surface area (Å²) in [5.74, 6) is 0.794. The molecule has 2 heterocycles. The fourth-order valence-electron chi connectivity index (χ4n) is 2.04. The van der Waals surface area contributed by atoms with Crippen molar-refractivity contribution in [2.24, 2.45) is 10.9 Å². The second-order valence-corrected chi connectivity index (χ2v) is 6.37. The Labute approximate surface area is 111 Å². The van der Waals surface area contributed by atoms with Crippen LogP contribution < -0.4 is 5.32 Å². The lowest BCUT2D eigenvalue weighted by molar-refractivity contribution is 0.479. The third-order valence-electron chi connectivity index (χ3n) is 3.13. The van der Waals surface area contributed by atoms with Gasteiger partial charge in [0, 0.05) is 16.8 Å². The SMILES string of the molecule is CCC(CC)C1CN=C(NCc2nccs2)S1. The summed E-state index contributed by atoms with van der Waals surface area (Å²) in [5, 5.41) is 8.27. The van der Waals surface area contributed by atoms with Gasteiger partial charge in [0.1, 0.15) is 5.01 Å². The highest BCUT2D eigenvalue weighted by Crippen LogP contribution is 2.30. The van der Waals surface area contributed by atoms with E-state index in [1.807, 2.05) is 23.3 Å². The van der Waals surface area contributed by atoms with E-state index in [2.05, 4.69) is 29.1 Å². The van der Waals surface area contributed by atoms with Crippen molar-refractivity contribution in [2.75, 3.05) is 6.54 Å². The molecule has 1 aromatic heterocycles. The minimum Gasteiger partial charge on any atom is -0.358 e. The van der Waals surface area contributed by atoms with Gasteiger partial charge < -0.3 is 5.32 Å². The van der Waals surface area contributed by atoms with Gasteiger partial charge in [0.15, 0.2) is 5.17 Å². The number of thioether (sulfide) groups is 1. The van der Waals surface area contributed by atoms with Gasteiger partial charge in [-0.1, -0.05) is 38.5 Å². The number of thiazole rings is 1. The molecule has 0 saturated heterocycles. The van der Waals surface area contributed by atoms with Crippen molar-refractivity contribution in [1.29, 1.82) is 0 Å². The zero-order chi connectivity index (χ0) is 12.1. The van der Waals surface area contributed by atoms with Gasteiger partial charge >= 0.3 is 0 Å². The monoisotopic (exact) mass is 269 g/mol. The van der Waals surface area contributed by atoms with Gasteiger partial charge in [-0.05, 0) is 5.92 Å². The van der Waals surface area contributed by atoms with Crippen LogP contribution in [-0.4, -0.2) is 21.9 Å². The number of amidine groups is 1. The molecule has 1 atom stereocenters. The predicted molar refractivity (Wildman–Crippen MR) is 76.7 cm³/mol. The Morgan fingerprint density at radius 3 is 2.94 bits per heavy atom. The summed E-state index contributed by atoms with van der Waals surface area (Å²) in [6, 6.07) is 0. The Bertz CT molecular complexity index is 358. The fourth-order valence-corrected chi connectivity index (χ4v) is 3.91. The molecule has 17 heavy (non-hydrogen) atoms. The van der Waals surface area contributed by atoms with E-state index < -0.39 is 0 Å². The van der Waals surface area contributed by atoms with E-state index in [1.54, 1.807) is 11.3 Å². The van der Waals surface area contributed by atoms with Crippen molar-refractivity contribution < 1.29 is 0 Å². The third-order valence-corrected chi connectivity index (χ3v) is 5.24. The summed E-state index contributed by atoms with van der Waals surface area (Å²) in [7, 11) is 0. The quantitative estimate of drug-likeness (QED) is 0.892. The average molecular weight is 269 g/mol. The topological polar surface area (TPSA) is 37.3 Å². The molecule has 0 bridgehead atoms. The molecule has 5 heteroatoms. The smallest absolute Gasteiger partial charge is 0.157 e. The lowest BCUT2D eigenvalue weighted by atomic mass is 9.99.